The van der Waals surface area contributed by atoms with Crippen LogP contribution in [-0.4, -0.2) is 9.97 Å². The van der Waals surface area contributed by atoms with Gasteiger partial charge in [0.1, 0.15) is 0 Å². The van der Waals surface area contributed by atoms with E-state index in [1.165, 1.54) is 5.56 Å². The highest BCUT2D eigenvalue weighted by Crippen LogP contribution is 2.23. The predicted octanol–water partition coefficient (Wildman–Crippen LogP) is 3.55. The maximum absolute atomic E-state index is 4.54. The summed E-state index contributed by atoms with van der Waals surface area (Å²) < 4.78 is 0. The first-order valence-electron chi connectivity index (χ1n) is 6.32. The second kappa shape index (κ2) is 5.06. The molecule has 0 amide bonds. The summed E-state index contributed by atoms with van der Waals surface area (Å²) in [4.78, 5) is 8.66. The SMILES string of the molecule is Cc1cc(NCc2cccnc2)c2ccccc2n1. The molecule has 19 heavy (non-hydrogen) atoms. The molecule has 0 aliphatic rings. The smallest absolute Gasteiger partial charge is 0.0725 e. The first kappa shape index (κ1) is 11.7. The van der Waals surface area contributed by atoms with E-state index in [9.17, 15) is 0 Å². The monoisotopic (exact) mass is 249 g/mol. The molecule has 0 bridgehead atoms. The Labute approximate surface area is 112 Å². The number of nitrogens with zero attached hydrogens (tertiary/aromatic N) is 2. The van der Waals surface area contributed by atoms with Crippen molar-refractivity contribution < 1.29 is 0 Å². The summed E-state index contributed by atoms with van der Waals surface area (Å²) in [5.74, 6) is 0. The highest BCUT2D eigenvalue weighted by Gasteiger charge is 2.03. The summed E-state index contributed by atoms with van der Waals surface area (Å²) in [6, 6.07) is 14.3. The number of anilines is 1. The zero-order valence-electron chi connectivity index (χ0n) is 10.8. The Morgan fingerprint density at radius 2 is 2.00 bits per heavy atom. The Hall–Kier alpha value is -2.42. The summed E-state index contributed by atoms with van der Waals surface area (Å²) >= 11 is 0. The third kappa shape index (κ3) is 2.55. The van der Waals surface area contributed by atoms with Crippen molar-refractivity contribution in [3.8, 4) is 0 Å². The number of aryl methyl sites for hydroxylation is 1. The fourth-order valence-electron chi connectivity index (χ4n) is 2.15. The zero-order chi connectivity index (χ0) is 13.1. The van der Waals surface area contributed by atoms with Crippen molar-refractivity contribution in [2.24, 2.45) is 0 Å². The van der Waals surface area contributed by atoms with Gasteiger partial charge in [0.25, 0.3) is 0 Å². The van der Waals surface area contributed by atoms with E-state index >= 15 is 0 Å². The first-order chi connectivity index (χ1) is 9.33. The molecule has 2 heterocycles. The molecule has 3 rings (SSSR count). The van der Waals surface area contributed by atoms with Crippen LogP contribution in [0.4, 0.5) is 5.69 Å². The second-order valence-corrected chi connectivity index (χ2v) is 4.54. The lowest BCUT2D eigenvalue weighted by molar-refractivity contribution is 1.11. The minimum absolute atomic E-state index is 0.765. The van der Waals surface area contributed by atoms with Crippen molar-refractivity contribution in [2.75, 3.05) is 5.32 Å². The van der Waals surface area contributed by atoms with Crippen molar-refractivity contribution in [3.05, 3.63) is 66.1 Å². The summed E-state index contributed by atoms with van der Waals surface area (Å²) in [6.07, 6.45) is 3.67. The Morgan fingerprint density at radius 1 is 1.11 bits per heavy atom. The fourth-order valence-corrected chi connectivity index (χ4v) is 2.15. The molecule has 3 aromatic rings. The van der Waals surface area contributed by atoms with Crippen LogP contribution < -0.4 is 5.32 Å². The molecule has 0 fully saturated rings. The molecule has 0 aliphatic carbocycles. The zero-order valence-corrected chi connectivity index (χ0v) is 10.8. The van der Waals surface area contributed by atoms with E-state index in [2.05, 4.69) is 33.5 Å². The molecule has 3 nitrogen and oxygen atoms in total. The maximum Gasteiger partial charge on any atom is 0.0725 e. The first-order valence-corrected chi connectivity index (χ1v) is 6.32. The van der Waals surface area contributed by atoms with E-state index in [-0.39, 0.29) is 0 Å². The number of hydrogen-bond donors (Lipinski definition) is 1. The molecule has 2 aromatic heterocycles. The molecule has 3 heteroatoms. The number of pyridine rings is 2. The number of benzene rings is 1. The van der Waals surface area contributed by atoms with Crippen molar-refractivity contribution in [1.29, 1.82) is 0 Å². The van der Waals surface area contributed by atoms with Crippen LogP contribution >= 0.6 is 0 Å². The van der Waals surface area contributed by atoms with E-state index in [4.69, 9.17) is 0 Å². The lowest BCUT2D eigenvalue weighted by atomic mass is 10.1. The topological polar surface area (TPSA) is 37.8 Å². The summed E-state index contributed by atoms with van der Waals surface area (Å²) in [6.45, 7) is 2.78. The number of nitrogens with one attached hydrogen (secondary N) is 1. The van der Waals surface area contributed by atoms with Gasteiger partial charge in [-0.1, -0.05) is 24.3 Å². The van der Waals surface area contributed by atoms with Gasteiger partial charge in [-0.05, 0) is 30.7 Å². The number of fused-ring (bicyclic) bond motifs is 1. The van der Waals surface area contributed by atoms with Crippen LogP contribution in [0.15, 0.2) is 54.9 Å². The standard InChI is InChI=1S/C16H15N3/c1-12-9-16(14-6-2-3-7-15(14)19-12)18-11-13-5-4-8-17-10-13/h2-10H,11H2,1H3,(H,18,19). The van der Waals surface area contributed by atoms with Crippen LogP contribution in [0.1, 0.15) is 11.3 Å². The van der Waals surface area contributed by atoms with Crippen LogP contribution in [0.25, 0.3) is 10.9 Å². The molecule has 94 valence electrons. The molecular weight excluding hydrogens is 234 g/mol. The highest BCUT2D eigenvalue weighted by atomic mass is 14.9. The van der Waals surface area contributed by atoms with Crippen LogP contribution in [0.5, 0.6) is 0 Å². The summed E-state index contributed by atoms with van der Waals surface area (Å²) in [5.41, 5.74) is 4.33. The average molecular weight is 249 g/mol. The fraction of sp³-hybridized carbons (Fsp3) is 0.125. The van der Waals surface area contributed by atoms with Crippen molar-refractivity contribution in [1.82, 2.24) is 9.97 Å². The van der Waals surface area contributed by atoms with Gasteiger partial charge in [0.2, 0.25) is 0 Å². The van der Waals surface area contributed by atoms with E-state index in [0.717, 1.165) is 28.8 Å². The van der Waals surface area contributed by atoms with Crippen LogP contribution in [0, 0.1) is 6.92 Å². The van der Waals surface area contributed by atoms with Crippen molar-refractivity contribution >= 4 is 16.6 Å². The molecule has 0 unspecified atom stereocenters. The molecular formula is C16H15N3. The Balaban J connectivity index is 1.92. The normalized spacial score (nSPS) is 10.6. The quantitative estimate of drug-likeness (QED) is 0.771. The highest BCUT2D eigenvalue weighted by molar-refractivity contribution is 5.91. The van der Waals surface area contributed by atoms with Crippen LogP contribution in [0.3, 0.4) is 0 Å². The van der Waals surface area contributed by atoms with Gasteiger partial charge in [-0.3, -0.25) is 9.97 Å². The van der Waals surface area contributed by atoms with Gasteiger partial charge in [-0.25, -0.2) is 0 Å². The molecule has 0 saturated heterocycles. The lowest BCUT2D eigenvalue weighted by Gasteiger charge is -2.10. The van der Waals surface area contributed by atoms with Gasteiger partial charge in [0, 0.05) is 35.7 Å². The lowest BCUT2D eigenvalue weighted by Crippen LogP contribution is -2.01. The van der Waals surface area contributed by atoms with E-state index in [0.29, 0.717) is 0 Å². The molecule has 1 aromatic carbocycles. The predicted molar refractivity (Wildman–Crippen MR) is 78.0 cm³/mol. The average Bonchev–Trinajstić information content (AvgIpc) is 2.45. The number of para-hydroxylation sites is 1. The molecule has 0 atom stereocenters. The van der Waals surface area contributed by atoms with E-state index in [1.807, 2.05) is 37.4 Å². The number of rotatable bonds is 3. The Kier molecular flexibility index (Phi) is 3.11. The third-order valence-corrected chi connectivity index (χ3v) is 3.05. The Morgan fingerprint density at radius 3 is 2.84 bits per heavy atom. The minimum atomic E-state index is 0.765. The number of aromatic nitrogens is 2. The molecule has 0 saturated carbocycles. The molecule has 1 N–H and O–H groups in total. The van der Waals surface area contributed by atoms with Gasteiger partial charge < -0.3 is 5.32 Å². The van der Waals surface area contributed by atoms with E-state index < -0.39 is 0 Å². The van der Waals surface area contributed by atoms with E-state index in [1.54, 1.807) is 6.20 Å². The molecule has 0 spiro atoms. The number of hydrogen-bond acceptors (Lipinski definition) is 3. The summed E-state index contributed by atoms with van der Waals surface area (Å²) in [7, 11) is 0. The van der Waals surface area contributed by atoms with Gasteiger partial charge in [-0.15, -0.1) is 0 Å². The third-order valence-electron chi connectivity index (χ3n) is 3.05. The second-order valence-electron chi connectivity index (χ2n) is 4.54. The van der Waals surface area contributed by atoms with Gasteiger partial charge in [-0.2, -0.15) is 0 Å². The maximum atomic E-state index is 4.54. The van der Waals surface area contributed by atoms with Gasteiger partial charge in [0.15, 0.2) is 0 Å². The Bertz CT molecular complexity index is 693. The molecule has 0 aliphatic heterocycles. The largest absolute Gasteiger partial charge is 0.380 e. The van der Waals surface area contributed by atoms with Crippen molar-refractivity contribution in [2.45, 2.75) is 13.5 Å². The molecule has 0 radical (unpaired) electrons. The van der Waals surface area contributed by atoms with Gasteiger partial charge in [0.05, 0.1) is 5.52 Å². The minimum Gasteiger partial charge on any atom is -0.380 e. The van der Waals surface area contributed by atoms with Gasteiger partial charge >= 0.3 is 0 Å². The van der Waals surface area contributed by atoms with Crippen molar-refractivity contribution in [3.63, 3.8) is 0 Å². The van der Waals surface area contributed by atoms with Crippen LogP contribution in [-0.2, 0) is 6.54 Å². The summed E-state index contributed by atoms with van der Waals surface area (Å²) in [5, 5.41) is 4.61. The van der Waals surface area contributed by atoms with Crippen LogP contribution in [0.2, 0.25) is 0 Å².